The summed E-state index contributed by atoms with van der Waals surface area (Å²) in [6, 6.07) is 16.7. The molecular formula is C38H38FN3O5S. The minimum absolute atomic E-state index is 0.272. The third kappa shape index (κ3) is 6.73. The van der Waals surface area contributed by atoms with Crippen LogP contribution in [-0.4, -0.2) is 59.5 Å². The normalized spacial score (nSPS) is 15.5. The van der Waals surface area contributed by atoms with Gasteiger partial charge in [0.2, 0.25) is 0 Å². The number of fused-ring (bicyclic) bond motifs is 5. The van der Waals surface area contributed by atoms with E-state index >= 15 is 0 Å². The number of nitrogens with zero attached hydrogens (tertiary/aromatic N) is 3. The molecule has 5 heterocycles. The molecule has 2 aromatic carbocycles. The van der Waals surface area contributed by atoms with Gasteiger partial charge in [0.15, 0.2) is 0 Å². The predicted molar refractivity (Wildman–Crippen MR) is 185 cm³/mol. The maximum absolute atomic E-state index is 14.8. The molecule has 0 saturated carbocycles. The van der Waals surface area contributed by atoms with E-state index in [0.717, 1.165) is 67.9 Å². The molecule has 0 N–H and O–H groups in total. The molecule has 2 aliphatic heterocycles. The van der Waals surface area contributed by atoms with E-state index in [0.29, 0.717) is 50.8 Å². The molecule has 0 aliphatic carbocycles. The van der Waals surface area contributed by atoms with Gasteiger partial charge in [0, 0.05) is 69.9 Å². The Kier molecular flexibility index (Phi) is 9.02. The van der Waals surface area contributed by atoms with Gasteiger partial charge < -0.3 is 23.8 Å². The van der Waals surface area contributed by atoms with Gasteiger partial charge in [-0.15, -0.1) is 11.3 Å². The molecule has 2 bridgehead atoms. The molecule has 0 unspecified atom stereocenters. The number of halogens is 1. The van der Waals surface area contributed by atoms with Crippen molar-refractivity contribution in [2.75, 3.05) is 33.0 Å². The van der Waals surface area contributed by atoms with E-state index in [4.69, 9.17) is 28.9 Å². The van der Waals surface area contributed by atoms with Crippen LogP contribution >= 0.6 is 11.3 Å². The molecule has 8 nitrogen and oxygen atoms in total. The van der Waals surface area contributed by atoms with Gasteiger partial charge in [-0.3, -0.25) is 4.98 Å². The van der Waals surface area contributed by atoms with Gasteiger partial charge in [-0.25, -0.2) is 14.2 Å². The van der Waals surface area contributed by atoms with Crippen molar-refractivity contribution in [3.63, 3.8) is 0 Å². The topological polar surface area (TPSA) is 83.0 Å². The fourth-order valence-corrected chi connectivity index (χ4v) is 7.09. The van der Waals surface area contributed by atoms with Gasteiger partial charge in [0.1, 0.15) is 29.5 Å². The van der Waals surface area contributed by atoms with Crippen molar-refractivity contribution in [2.45, 2.75) is 52.2 Å². The van der Waals surface area contributed by atoms with E-state index in [9.17, 15) is 9.18 Å². The van der Waals surface area contributed by atoms with Crippen LogP contribution in [0.3, 0.4) is 0 Å². The standard InChI is InChI=1S/C38H38FN3O5S/c1-38(2,3)47-37(43)42-14-12-30-25(23-42)20-24(22-40-30)34-33-27-11-10-26(39)21-32(27)46-18-17-44-15-6-7-16-45-31-9-5-4-8-28(31)35(41-34)29-13-19-48-36(29)33/h4-5,8-11,13,19-22H,6-7,12,14-18,23H2,1-3H3. The fraction of sp³-hybridized carbons (Fsp3) is 0.342. The summed E-state index contributed by atoms with van der Waals surface area (Å²) in [5.74, 6) is 0.779. The second-order valence-electron chi connectivity index (χ2n) is 13.0. The summed E-state index contributed by atoms with van der Waals surface area (Å²) in [5.41, 5.74) is 5.94. The van der Waals surface area contributed by atoms with E-state index in [1.807, 2.05) is 56.6 Å². The molecular weight excluding hydrogens is 629 g/mol. The summed E-state index contributed by atoms with van der Waals surface area (Å²) >= 11 is 1.60. The smallest absolute Gasteiger partial charge is 0.410 e. The lowest BCUT2D eigenvalue weighted by Crippen LogP contribution is -2.40. The van der Waals surface area contributed by atoms with Gasteiger partial charge in [0.05, 0.1) is 31.1 Å². The minimum atomic E-state index is -0.596. The highest BCUT2D eigenvalue weighted by atomic mass is 32.1. The van der Waals surface area contributed by atoms with Crippen molar-refractivity contribution in [3.05, 3.63) is 83.2 Å². The summed E-state index contributed by atoms with van der Waals surface area (Å²) in [4.78, 5) is 25.0. The van der Waals surface area contributed by atoms with Crippen molar-refractivity contribution < 1.29 is 28.1 Å². The zero-order chi connectivity index (χ0) is 33.3. The van der Waals surface area contributed by atoms with Crippen molar-refractivity contribution in [1.82, 2.24) is 14.9 Å². The molecule has 1 amide bonds. The first-order valence-electron chi connectivity index (χ1n) is 16.3. The van der Waals surface area contributed by atoms with Crippen molar-refractivity contribution in [1.29, 1.82) is 0 Å². The number of thiophene rings is 1. The van der Waals surface area contributed by atoms with Crippen LogP contribution in [0.4, 0.5) is 9.18 Å². The molecule has 248 valence electrons. The molecule has 48 heavy (non-hydrogen) atoms. The molecule has 2 aliphatic rings. The van der Waals surface area contributed by atoms with Gasteiger partial charge in [-0.1, -0.05) is 12.1 Å². The average molecular weight is 668 g/mol. The molecule has 0 atom stereocenters. The number of ether oxygens (including phenoxy) is 4. The van der Waals surface area contributed by atoms with Gasteiger partial charge >= 0.3 is 6.09 Å². The van der Waals surface area contributed by atoms with E-state index in [1.165, 1.54) is 12.1 Å². The third-order valence-corrected chi connectivity index (χ3v) is 9.29. The Labute approximate surface area is 283 Å². The van der Waals surface area contributed by atoms with Gasteiger partial charge in [0.25, 0.3) is 0 Å². The van der Waals surface area contributed by atoms with E-state index < -0.39 is 11.4 Å². The van der Waals surface area contributed by atoms with Crippen LogP contribution in [0.2, 0.25) is 0 Å². The SMILES string of the molecule is CC(C)(C)OC(=O)N1CCc2ncc(-c3nc4c5ccsc5c3-c3ccc(F)cc3OCCOCCCCOc3ccccc3-4)cc2C1. The Hall–Kier alpha value is -4.54. The largest absolute Gasteiger partial charge is 0.493 e. The molecule has 7 rings (SSSR count). The number of carbonyl (C=O) groups excluding carboxylic acids is 1. The lowest BCUT2D eigenvalue weighted by molar-refractivity contribution is 0.0222. The highest BCUT2D eigenvalue weighted by molar-refractivity contribution is 7.18. The van der Waals surface area contributed by atoms with Crippen LogP contribution in [-0.2, 0) is 22.4 Å². The number of benzene rings is 2. The number of amides is 1. The first-order valence-corrected chi connectivity index (χ1v) is 17.2. The van der Waals surface area contributed by atoms with Crippen LogP contribution in [0.15, 0.2) is 66.2 Å². The number of hydrogen-bond donors (Lipinski definition) is 0. The summed E-state index contributed by atoms with van der Waals surface area (Å²) in [7, 11) is 0. The maximum Gasteiger partial charge on any atom is 0.410 e. The number of carbonyl (C=O) groups is 1. The van der Waals surface area contributed by atoms with E-state index in [1.54, 1.807) is 22.3 Å². The zero-order valence-corrected chi connectivity index (χ0v) is 28.2. The Morgan fingerprint density at radius 2 is 1.77 bits per heavy atom. The Morgan fingerprint density at radius 3 is 2.65 bits per heavy atom. The maximum atomic E-state index is 14.8. The van der Waals surface area contributed by atoms with Crippen LogP contribution in [0.25, 0.3) is 43.7 Å². The summed E-state index contributed by atoms with van der Waals surface area (Å²) in [6.07, 6.45) is 3.79. The minimum Gasteiger partial charge on any atom is -0.493 e. The highest BCUT2D eigenvalue weighted by Gasteiger charge is 2.28. The van der Waals surface area contributed by atoms with Crippen LogP contribution in [0, 0.1) is 5.82 Å². The number of para-hydroxylation sites is 1. The average Bonchev–Trinajstić information content (AvgIpc) is 3.56. The van der Waals surface area contributed by atoms with Crippen LogP contribution in [0.5, 0.6) is 11.5 Å². The predicted octanol–water partition coefficient (Wildman–Crippen LogP) is 8.69. The molecule has 3 aromatic heterocycles. The van der Waals surface area contributed by atoms with E-state index in [2.05, 4.69) is 12.1 Å². The summed E-state index contributed by atoms with van der Waals surface area (Å²) in [6.45, 7) is 8.27. The molecule has 0 fully saturated rings. The molecule has 0 spiro atoms. The van der Waals surface area contributed by atoms with Crippen molar-refractivity contribution >= 4 is 27.5 Å². The van der Waals surface area contributed by atoms with Crippen LogP contribution < -0.4 is 9.47 Å². The highest BCUT2D eigenvalue weighted by Crippen LogP contribution is 2.47. The summed E-state index contributed by atoms with van der Waals surface area (Å²) < 4.78 is 39.8. The van der Waals surface area contributed by atoms with Crippen molar-refractivity contribution in [3.8, 4) is 45.1 Å². The number of rotatable bonds is 1. The number of pyridine rings is 2. The molecule has 0 radical (unpaired) electrons. The second-order valence-corrected chi connectivity index (χ2v) is 13.9. The van der Waals surface area contributed by atoms with E-state index in [-0.39, 0.29) is 12.7 Å². The third-order valence-electron chi connectivity index (χ3n) is 8.35. The monoisotopic (exact) mass is 667 g/mol. The fourth-order valence-electron chi connectivity index (χ4n) is 6.14. The van der Waals surface area contributed by atoms with Gasteiger partial charge in [-0.2, -0.15) is 0 Å². The Morgan fingerprint density at radius 1 is 0.938 bits per heavy atom. The number of aromatic nitrogens is 2. The van der Waals surface area contributed by atoms with Gasteiger partial charge in [-0.05, 0) is 81.0 Å². The van der Waals surface area contributed by atoms with Crippen LogP contribution in [0.1, 0.15) is 44.9 Å². The summed E-state index contributed by atoms with van der Waals surface area (Å²) in [5, 5.41) is 3.01. The first-order chi connectivity index (χ1) is 23.2. The lowest BCUT2D eigenvalue weighted by atomic mass is 9.94. The lowest BCUT2D eigenvalue weighted by Gasteiger charge is -2.31. The Balaban J connectivity index is 1.43. The second kappa shape index (κ2) is 13.5. The zero-order valence-electron chi connectivity index (χ0n) is 27.4. The number of hydrogen-bond acceptors (Lipinski definition) is 8. The Bertz CT molecular complexity index is 1970. The quantitative estimate of drug-likeness (QED) is 0.177. The molecule has 5 aromatic rings. The first kappa shape index (κ1) is 32.0. The molecule has 10 heteroatoms. The molecule has 0 saturated heterocycles. The van der Waals surface area contributed by atoms with Crippen molar-refractivity contribution in [2.24, 2.45) is 0 Å².